The Morgan fingerprint density at radius 2 is 1.59 bits per heavy atom. The third-order valence-electron chi connectivity index (χ3n) is 5.07. The van der Waals surface area contributed by atoms with E-state index in [0.717, 1.165) is 51.8 Å². The number of aliphatic imine (C=N–C) groups is 1. The van der Waals surface area contributed by atoms with Crippen molar-refractivity contribution in [3.8, 4) is 0 Å². The third kappa shape index (κ3) is 7.60. The monoisotopic (exact) mass is 507 g/mol. The van der Waals surface area contributed by atoms with Gasteiger partial charge in [0.15, 0.2) is 5.96 Å². The van der Waals surface area contributed by atoms with Gasteiger partial charge in [0.2, 0.25) is 0 Å². The average molecular weight is 507 g/mol. The van der Waals surface area contributed by atoms with E-state index in [0.29, 0.717) is 0 Å². The van der Waals surface area contributed by atoms with Gasteiger partial charge in [-0.15, -0.1) is 24.0 Å². The number of rotatable bonds is 6. The van der Waals surface area contributed by atoms with Gasteiger partial charge in [0, 0.05) is 52.9 Å². The molecule has 2 aromatic rings. The van der Waals surface area contributed by atoms with Crippen molar-refractivity contribution in [2.75, 3.05) is 47.3 Å². The van der Waals surface area contributed by atoms with E-state index in [1.807, 2.05) is 7.05 Å². The zero-order valence-electron chi connectivity index (χ0n) is 17.8. The average Bonchev–Trinajstić information content (AvgIpc) is 2.70. The number of nitrogens with zero attached hydrogens (tertiary/aromatic N) is 4. The first-order chi connectivity index (χ1) is 13.6. The summed E-state index contributed by atoms with van der Waals surface area (Å²) in [5.41, 5.74) is 4.02. The number of piperazine rings is 1. The number of nitrogens with one attached hydrogen (secondary N) is 1. The summed E-state index contributed by atoms with van der Waals surface area (Å²) in [4.78, 5) is 11.6. The fraction of sp³-hybridized carbons (Fsp3) is 0.435. The van der Waals surface area contributed by atoms with Gasteiger partial charge in [-0.1, -0.05) is 54.6 Å². The van der Waals surface area contributed by atoms with Crippen molar-refractivity contribution in [1.29, 1.82) is 0 Å². The predicted molar refractivity (Wildman–Crippen MR) is 133 cm³/mol. The first-order valence-corrected chi connectivity index (χ1v) is 10.1. The third-order valence-corrected chi connectivity index (χ3v) is 5.07. The van der Waals surface area contributed by atoms with Crippen LogP contribution in [0.5, 0.6) is 0 Å². The molecular formula is C23H34IN5. The number of halogens is 1. The summed E-state index contributed by atoms with van der Waals surface area (Å²) in [6.45, 7) is 6.94. The highest BCUT2D eigenvalue weighted by Crippen LogP contribution is 2.10. The van der Waals surface area contributed by atoms with Crippen LogP contribution >= 0.6 is 24.0 Å². The molecule has 1 N–H and O–H groups in total. The molecule has 0 atom stereocenters. The number of benzene rings is 2. The van der Waals surface area contributed by atoms with Crippen LogP contribution in [0.1, 0.15) is 16.7 Å². The molecule has 29 heavy (non-hydrogen) atoms. The molecule has 158 valence electrons. The highest BCUT2D eigenvalue weighted by molar-refractivity contribution is 14.0. The van der Waals surface area contributed by atoms with Gasteiger partial charge in [-0.3, -0.25) is 9.89 Å². The Bertz CT molecular complexity index is 755. The standard InChI is InChI=1S/C23H33N5.HI/c1-24-23(25-17-21-10-7-11-22(16-21)18-26(2)3)28-14-12-27(13-15-28)19-20-8-5-4-6-9-20;/h4-11,16H,12-15,17-19H2,1-3H3,(H,24,25);1H. The molecule has 0 aromatic heterocycles. The molecule has 3 rings (SSSR count). The van der Waals surface area contributed by atoms with E-state index in [-0.39, 0.29) is 24.0 Å². The number of hydrogen-bond donors (Lipinski definition) is 1. The van der Waals surface area contributed by atoms with Gasteiger partial charge in [-0.25, -0.2) is 0 Å². The van der Waals surface area contributed by atoms with Crippen LogP contribution in [0, 0.1) is 0 Å². The maximum atomic E-state index is 4.51. The summed E-state index contributed by atoms with van der Waals surface area (Å²) in [5, 5.41) is 3.54. The van der Waals surface area contributed by atoms with Crippen molar-refractivity contribution in [3.63, 3.8) is 0 Å². The second-order valence-electron chi connectivity index (χ2n) is 7.71. The summed E-state index contributed by atoms with van der Waals surface area (Å²) in [5.74, 6) is 0.998. The minimum atomic E-state index is 0. The smallest absolute Gasteiger partial charge is 0.194 e. The quantitative estimate of drug-likeness (QED) is 0.370. The van der Waals surface area contributed by atoms with Crippen molar-refractivity contribution in [2.24, 2.45) is 4.99 Å². The van der Waals surface area contributed by atoms with Crippen LogP contribution < -0.4 is 5.32 Å². The Morgan fingerprint density at radius 3 is 2.24 bits per heavy atom. The molecule has 0 bridgehead atoms. The Kier molecular flexibility index (Phi) is 9.90. The fourth-order valence-corrected chi connectivity index (χ4v) is 3.68. The Balaban J connectivity index is 0.00000300. The minimum Gasteiger partial charge on any atom is -0.352 e. The van der Waals surface area contributed by atoms with E-state index >= 15 is 0 Å². The second kappa shape index (κ2) is 12.1. The van der Waals surface area contributed by atoms with E-state index in [9.17, 15) is 0 Å². The van der Waals surface area contributed by atoms with Crippen molar-refractivity contribution < 1.29 is 0 Å². The molecule has 2 aromatic carbocycles. The van der Waals surface area contributed by atoms with Crippen LogP contribution in [0.4, 0.5) is 0 Å². The van der Waals surface area contributed by atoms with E-state index in [1.54, 1.807) is 0 Å². The van der Waals surface area contributed by atoms with Crippen molar-refractivity contribution in [1.82, 2.24) is 20.0 Å². The Hall–Kier alpha value is -1.64. The zero-order valence-corrected chi connectivity index (χ0v) is 20.2. The number of guanidine groups is 1. The van der Waals surface area contributed by atoms with Gasteiger partial charge in [-0.2, -0.15) is 0 Å². The molecule has 6 heteroatoms. The SMILES string of the molecule is CN=C(NCc1cccc(CN(C)C)c1)N1CCN(Cc2ccccc2)CC1.I. The summed E-state index contributed by atoms with van der Waals surface area (Å²) < 4.78 is 0. The normalized spacial score (nSPS) is 15.3. The maximum absolute atomic E-state index is 4.51. The van der Waals surface area contributed by atoms with E-state index < -0.39 is 0 Å². The molecule has 1 saturated heterocycles. The zero-order chi connectivity index (χ0) is 19.8. The van der Waals surface area contributed by atoms with Crippen LogP contribution in [-0.4, -0.2) is 68.0 Å². The maximum Gasteiger partial charge on any atom is 0.194 e. The van der Waals surface area contributed by atoms with E-state index in [2.05, 4.69) is 93.7 Å². The largest absolute Gasteiger partial charge is 0.352 e. The molecular weight excluding hydrogens is 473 g/mol. The van der Waals surface area contributed by atoms with Crippen LogP contribution in [0.15, 0.2) is 59.6 Å². The molecule has 0 saturated carbocycles. The molecule has 1 fully saturated rings. The highest BCUT2D eigenvalue weighted by Gasteiger charge is 2.19. The van der Waals surface area contributed by atoms with Gasteiger partial charge in [0.05, 0.1) is 0 Å². The van der Waals surface area contributed by atoms with Crippen LogP contribution in [0.25, 0.3) is 0 Å². The lowest BCUT2D eigenvalue weighted by Gasteiger charge is -2.36. The molecule has 5 nitrogen and oxygen atoms in total. The van der Waals surface area contributed by atoms with Gasteiger partial charge in [-0.05, 0) is 30.8 Å². The van der Waals surface area contributed by atoms with Gasteiger partial charge in [0.25, 0.3) is 0 Å². The second-order valence-corrected chi connectivity index (χ2v) is 7.71. The molecule has 1 aliphatic heterocycles. The van der Waals surface area contributed by atoms with Crippen molar-refractivity contribution >= 4 is 29.9 Å². The molecule has 0 aliphatic carbocycles. The molecule has 0 unspecified atom stereocenters. The summed E-state index contributed by atoms with van der Waals surface area (Å²) >= 11 is 0. The van der Waals surface area contributed by atoms with Crippen molar-refractivity contribution in [3.05, 3.63) is 71.3 Å². The molecule has 1 heterocycles. The molecule has 1 aliphatic rings. The molecule has 0 amide bonds. The molecule has 0 spiro atoms. The molecule has 0 radical (unpaired) electrons. The first-order valence-electron chi connectivity index (χ1n) is 10.1. The summed E-state index contributed by atoms with van der Waals surface area (Å²) in [7, 11) is 6.08. The van der Waals surface area contributed by atoms with Gasteiger partial charge < -0.3 is 15.1 Å². The lowest BCUT2D eigenvalue weighted by Crippen LogP contribution is -2.52. The first kappa shape index (κ1) is 23.6. The van der Waals surface area contributed by atoms with E-state index in [4.69, 9.17) is 0 Å². The van der Waals surface area contributed by atoms with Crippen LogP contribution in [0.3, 0.4) is 0 Å². The summed E-state index contributed by atoms with van der Waals surface area (Å²) in [6, 6.07) is 19.5. The Morgan fingerprint density at radius 1 is 0.931 bits per heavy atom. The van der Waals surface area contributed by atoms with Gasteiger partial charge in [0.1, 0.15) is 0 Å². The van der Waals surface area contributed by atoms with Crippen LogP contribution in [0.2, 0.25) is 0 Å². The fourth-order valence-electron chi connectivity index (χ4n) is 3.68. The lowest BCUT2D eigenvalue weighted by molar-refractivity contribution is 0.172. The number of hydrogen-bond acceptors (Lipinski definition) is 3. The van der Waals surface area contributed by atoms with Crippen LogP contribution in [-0.2, 0) is 19.6 Å². The van der Waals surface area contributed by atoms with Crippen molar-refractivity contribution in [2.45, 2.75) is 19.6 Å². The lowest BCUT2D eigenvalue weighted by atomic mass is 10.1. The summed E-state index contributed by atoms with van der Waals surface area (Å²) in [6.07, 6.45) is 0. The highest BCUT2D eigenvalue weighted by atomic mass is 127. The Labute approximate surface area is 192 Å². The predicted octanol–water partition coefficient (Wildman–Crippen LogP) is 3.26. The van der Waals surface area contributed by atoms with Gasteiger partial charge >= 0.3 is 0 Å². The topological polar surface area (TPSA) is 34.1 Å². The minimum absolute atomic E-state index is 0. The van der Waals surface area contributed by atoms with E-state index in [1.165, 1.54) is 16.7 Å².